The van der Waals surface area contributed by atoms with Crippen molar-refractivity contribution in [1.82, 2.24) is 14.8 Å². The van der Waals surface area contributed by atoms with Gasteiger partial charge in [-0.15, -0.1) is 16.8 Å². The van der Waals surface area contributed by atoms with Crippen LogP contribution in [-0.4, -0.2) is 40.5 Å². The Morgan fingerprint density at radius 1 is 1.30 bits per heavy atom. The fourth-order valence-corrected chi connectivity index (χ4v) is 3.20. The molecule has 0 radical (unpaired) electrons. The molecule has 3 rings (SSSR count). The Morgan fingerprint density at radius 3 is 2.70 bits per heavy atom. The fourth-order valence-electron chi connectivity index (χ4n) is 2.45. The van der Waals surface area contributed by atoms with Gasteiger partial charge in [0.05, 0.1) is 12.0 Å². The maximum absolute atomic E-state index is 12.3. The van der Waals surface area contributed by atoms with Gasteiger partial charge in [0.1, 0.15) is 0 Å². The van der Waals surface area contributed by atoms with Crippen LogP contribution < -0.4 is 10.2 Å². The van der Waals surface area contributed by atoms with Gasteiger partial charge in [-0.2, -0.15) is 0 Å². The van der Waals surface area contributed by atoms with Gasteiger partial charge < -0.3 is 14.6 Å². The Hall–Kier alpha value is -3.00. The summed E-state index contributed by atoms with van der Waals surface area (Å²) >= 11 is 1.32. The number of anilines is 2. The van der Waals surface area contributed by atoms with Gasteiger partial charge >= 0.3 is 0 Å². The minimum absolute atomic E-state index is 0.106. The van der Waals surface area contributed by atoms with Crippen molar-refractivity contribution in [2.24, 2.45) is 0 Å². The van der Waals surface area contributed by atoms with Crippen molar-refractivity contribution in [3.8, 4) is 11.6 Å². The average molecular weight is 383 g/mol. The maximum atomic E-state index is 12.3. The summed E-state index contributed by atoms with van der Waals surface area (Å²) in [6, 6.07) is 11.3. The number of carbonyl (C=O) groups is 1. The van der Waals surface area contributed by atoms with Gasteiger partial charge in [-0.1, -0.05) is 17.8 Å². The van der Waals surface area contributed by atoms with Crippen molar-refractivity contribution in [2.45, 2.75) is 11.7 Å². The molecule has 1 amide bonds. The van der Waals surface area contributed by atoms with E-state index in [-0.39, 0.29) is 11.7 Å². The van der Waals surface area contributed by atoms with Crippen LogP contribution in [0, 0.1) is 0 Å². The molecule has 0 aliphatic carbocycles. The van der Waals surface area contributed by atoms with Crippen molar-refractivity contribution < 1.29 is 9.21 Å². The van der Waals surface area contributed by atoms with Gasteiger partial charge in [0.2, 0.25) is 11.7 Å². The Labute approximate surface area is 162 Å². The summed E-state index contributed by atoms with van der Waals surface area (Å²) in [5, 5.41) is 11.9. The van der Waals surface area contributed by atoms with E-state index in [1.165, 1.54) is 11.8 Å². The molecule has 0 saturated carbocycles. The first-order chi connectivity index (χ1) is 13.1. The van der Waals surface area contributed by atoms with E-state index in [1.54, 1.807) is 18.4 Å². The number of carbonyl (C=O) groups excluding carboxylic acids is 1. The molecular weight excluding hydrogens is 362 g/mol. The molecule has 7 nitrogen and oxygen atoms in total. The number of benzene rings is 1. The molecule has 8 heteroatoms. The van der Waals surface area contributed by atoms with Crippen LogP contribution in [-0.2, 0) is 11.3 Å². The van der Waals surface area contributed by atoms with E-state index in [0.717, 1.165) is 11.4 Å². The van der Waals surface area contributed by atoms with E-state index in [2.05, 4.69) is 22.1 Å². The van der Waals surface area contributed by atoms with Gasteiger partial charge in [-0.25, -0.2) is 0 Å². The number of furan rings is 1. The summed E-state index contributed by atoms with van der Waals surface area (Å²) in [6.07, 6.45) is 3.34. The number of thioether (sulfide) groups is 1. The molecule has 140 valence electrons. The Balaban J connectivity index is 1.64. The van der Waals surface area contributed by atoms with Crippen molar-refractivity contribution in [1.29, 1.82) is 0 Å². The third-order valence-corrected chi connectivity index (χ3v) is 4.74. The molecule has 0 fully saturated rings. The highest BCUT2D eigenvalue weighted by atomic mass is 32.2. The zero-order valence-electron chi connectivity index (χ0n) is 15.3. The molecule has 0 saturated heterocycles. The predicted octanol–water partition coefficient (Wildman–Crippen LogP) is 3.52. The molecule has 0 aliphatic rings. The van der Waals surface area contributed by atoms with Crippen molar-refractivity contribution >= 4 is 29.0 Å². The number of amides is 1. The number of rotatable bonds is 8. The van der Waals surface area contributed by atoms with E-state index in [1.807, 2.05) is 53.9 Å². The molecule has 1 aromatic carbocycles. The largest absolute Gasteiger partial charge is 0.461 e. The summed E-state index contributed by atoms with van der Waals surface area (Å²) in [7, 11) is 3.95. The molecule has 27 heavy (non-hydrogen) atoms. The van der Waals surface area contributed by atoms with Crippen LogP contribution in [0.15, 0.2) is 64.9 Å². The number of allylic oxidation sites excluding steroid dienone is 1. The zero-order valence-corrected chi connectivity index (χ0v) is 16.1. The summed E-state index contributed by atoms with van der Waals surface area (Å²) in [6.45, 7) is 4.30. The monoisotopic (exact) mass is 383 g/mol. The van der Waals surface area contributed by atoms with Crippen LogP contribution in [0.25, 0.3) is 11.6 Å². The van der Waals surface area contributed by atoms with Crippen LogP contribution in [0.3, 0.4) is 0 Å². The first-order valence-electron chi connectivity index (χ1n) is 8.36. The summed E-state index contributed by atoms with van der Waals surface area (Å²) < 4.78 is 7.27. The Morgan fingerprint density at radius 2 is 2.07 bits per heavy atom. The van der Waals surface area contributed by atoms with E-state index < -0.39 is 0 Å². The number of nitrogens with zero attached hydrogens (tertiary/aromatic N) is 4. The second-order valence-electron chi connectivity index (χ2n) is 5.96. The minimum Gasteiger partial charge on any atom is -0.461 e. The molecule has 0 spiro atoms. The minimum atomic E-state index is -0.106. The maximum Gasteiger partial charge on any atom is 0.234 e. The molecule has 0 bridgehead atoms. The lowest BCUT2D eigenvalue weighted by atomic mass is 10.2. The molecule has 2 heterocycles. The van der Waals surface area contributed by atoms with Gasteiger partial charge in [0.15, 0.2) is 10.9 Å². The molecule has 3 aromatic rings. The fraction of sp³-hybridized carbons (Fsp3) is 0.211. The van der Waals surface area contributed by atoms with Gasteiger partial charge in [0, 0.05) is 32.0 Å². The Bertz CT molecular complexity index is 901. The summed E-state index contributed by atoms with van der Waals surface area (Å²) in [5.74, 6) is 1.36. The summed E-state index contributed by atoms with van der Waals surface area (Å²) in [4.78, 5) is 14.3. The normalized spacial score (nSPS) is 10.6. The van der Waals surface area contributed by atoms with Crippen LogP contribution in [0.2, 0.25) is 0 Å². The van der Waals surface area contributed by atoms with Gasteiger partial charge in [-0.3, -0.25) is 9.36 Å². The highest BCUT2D eigenvalue weighted by Crippen LogP contribution is 2.24. The molecule has 0 atom stereocenters. The van der Waals surface area contributed by atoms with Crippen LogP contribution in [0.4, 0.5) is 11.4 Å². The molecule has 2 aromatic heterocycles. The second-order valence-corrected chi connectivity index (χ2v) is 6.90. The molecule has 0 unspecified atom stereocenters. The standard InChI is InChI=1S/C19H21N5O2S/c1-4-11-24-18(16-6-5-12-26-16)21-22-19(24)27-13-17(25)20-14-7-9-15(10-8-14)23(2)3/h4-10,12H,1,11,13H2,2-3H3,(H,20,25). The van der Waals surface area contributed by atoms with Crippen LogP contribution in [0.1, 0.15) is 0 Å². The van der Waals surface area contributed by atoms with Crippen LogP contribution >= 0.6 is 11.8 Å². The average Bonchev–Trinajstić information content (AvgIpc) is 3.30. The molecule has 1 N–H and O–H groups in total. The number of hydrogen-bond acceptors (Lipinski definition) is 6. The quantitative estimate of drug-likeness (QED) is 0.474. The first-order valence-corrected chi connectivity index (χ1v) is 9.35. The van der Waals surface area contributed by atoms with E-state index in [0.29, 0.717) is 23.3 Å². The first kappa shape index (κ1) is 18.8. The summed E-state index contributed by atoms with van der Waals surface area (Å²) in [5.41, 5.74) is 1.83. The third-order valence-electron chi connectivity index (χ3n) is 3.77. The SMILES string of the molecule is C=CCn1c(SCC(=O)Nc2ccc(N(C)C)cc2)nnc1-c1ccco1. The van der Waals surface area contributed by atoms with E-state index >= 15 is 0 Å². The van der Waals surface area contributed by atoms with E-state index in [9.17, 15) is 4.79 Å². The van der Waals surface area contributed by atoms with Crippen molar-refractivity contribution in [2.75, 3.05) is 30.1 Å². The molecule has 0 aliphatic heterocycles. The Kier molecular flexibility index (Phi) is 5.97. The third kappa shape index (κ3) is 4.59. The number of nitrogens with one attached hydrogen (secondary N) is 1. The lowest BCUT2D eigenvalue weighted by Gasteiger charge is -2.13. The highest BCUT2D eigenvalue weighted by Gasteiger charge is 2.16. The van der Waals surface area contributed by atoms with Crippen molar-refractivity contribution in [3.05, 3.63) is 55.3 Å². The zero-order chi connectivity index (χ0) is 19.2. The number of aromatic nitrogens is 3. The van der Waals surface area contributed by atoms with Crippen LogP contribution in [0.5, 0.6) is 0 Å². The van der Waals surface area contributed by atoms with Gasteiger partial charge in [0.25, 0.3) is 0 Å². The topological polar surface area (TPSA) is 76.2 Å². The lowest BCUT2D eigenvalue weighted by Crippen LogP contribution is -2.15. The van der Waals surface area contributed by atoms with Gasteiger partial charge in [-0.05, 0) is 36.4 Å². The predicted molar refractivity (Wildman–Crippen MR) is 108 cm³/mol. The lowest BCUT2D eigenvalue weighted by molar-refractivity contribution is -0.113. The smallest absolute Gasteiger partial charge is 0.234 e. The second kappa shape index (κ2) is 8.59. The molecular formula is C19H21N5O2S. The number of hydrogen-bond donors (Lipinski definition) is 1. The van der Waals surface area contributed by atoms with Crippen molar-refractivity contribution in [3.63, 3.8) is 0 Å². The highest BCUT2D eigenvalue weighted by molar-refractivity contribution is 7.99. The van der Waals surface area contributed by atoms with E-state index in [4.69, 9.17) is 4.42 Å².